The Morgan fingerprint density at radius 1 is 0.941 bits per heavy atom. The lowest BCUT2D eigenvalue weighted by Crippen LogP contribution is -2.16. The van der Waals surface area contributed by atoms with E-state index in [9.17, 15) is 19.5 Å². The number of nitrogens with zero attached hydrogens (tertiary/aromatic N) is 1. The molecule has 1 heterocycles. The van der Waals surface area contributed by atoms with Gasteiger partial charge in [0.25, 0.3) is 11.8 Å². The Kier molecular flexibility index (Phi) is 6.70. The fraction of sp³-hybridized carbons (Fsp3) is 0.231. The number of amides is 3. The summed E-state index contributed by atoms with van der Waals surface area (Å²) in [6.07, 6.45) is 2.90. The molecule has 2 aromatic carbocycles. The largest absolute Gasteiger partial charge is 0.388 e. The molecule has 4 rings (SSSR count). The van der Waals surface area contributed by atoms with Crippen LogP contribution in [0, 0.1) is 12.8 Å². The van der Waals surface area contributed by atoms with Crippen LogP contribution in [0.1, 0.15) is 57.7 Å². The molecule has 1 atom stereocenters. The van der Waals surface area contributed by atoms with Crippen molar-refractivity contribution in [1.29, 1.82) is 0 Å². The molecule has 1 aliphatic carbocycles. The number of carbonyl (C=O) groups excluding carboxylic acids is 3. The predicted molar refractivity (Wildman–Crippen MR) is 130 cm³/mol. The topological polar surface area (TPSA) is 120 Å². The van der Waals surface area contributed by atoms with Crippen molar-refractivity contribution in [3.8, 4) is 0 Å². The minimum absolute atomic E-state index is 0.232. The second-order valence-electron chi connectivity index (χ2n) is 8.46. The molecule has 1 unspecified atom stereocenters. The fourth-order valence-electron chi connectivity index (χ4n) is 3.62. The van der Waals surface area contributed by atoms with Gasteiger partial charge in [0.15, 0.2) is 0 Å². The van der Waals surface area contributed by atoms with Gasteiger partial charge in [-0.05, 0) is 73.2 Å². The van der Waals surface area contributed by atoms with Crippen LogP contribution in [0.25, 0.3) is 0 Å². The van der Waals surface area contributed by atoms with Crippen molar-refractivity contribution in [2.75, 3.05) is 16.0 Å². The van der Waals surface area contributed by atoms with E-state index in [2.05, 4.69) is 20.9 Å². The third-order valence-corrected chi connectivity index (χ3v) is 5.62. The molecule has 8 nitrogen and oxygen atoms in total. The number of rotatable bonds is 7. The summed E-state index contributed by atoms with van der Waals surface area (Å²) in [4.78, 5) is 40.9. The van der Waals surface area contributed by atoms with E-state index in [-0.39, 0.29) is 23.6 Å². The van der Waals surface area contributed by atoms with Crippen LogP contribution in [0.4, 0.5) is 17.2 Å². The highest BCUT2D eigenvalue weighted by Gasteiger charge is 2.31. The number of carbonyl (C=O) groups is 3. The van der Waals surface area contributed by atoms with E-state index in [1.165, 1.54) is 13.1 Å². The monoisotopic (exact) mass is 458 g/mol. The Labute approximate surface area is 197 Å². The standard InChI is InChI=1S/C26H26N4O4/c1-15-6-9-20(29-25(33)19-5-3-4-18(12-19)24(32)17-7-8-17)13-22(15)26(34)30-21-10-11-23(27-14-21)28-16(2)31/h3-6,9-14,17,24,32H,7-8H2,1-2H3,(H,29,33)(H,30,34)(H,27,28,31). The van der Waals surface area contributed by atoms with Crippen LogP contribution < -0.4 is 16.0 Å². The lowest BCUT2D eigenvalue weighted by molar-refractivity contribution is -0.114. The first-order valence-electron chi connectivity index (χ1n) is 11.0. The van der Waals surface area contributed by atoms with Gasteiger partial charge in [-0.2, -0.15) is 0 Å². The van der Waals surface area contributed by atoms with Crippen molar-refractivity contribution in [1.82, 2.24) is 4.98 Å². The molecule has 0 aliphatic heterocycles. The van der Waals surface area contributed by atoms with E-state index in [1.807, 2.05) is 6.07 Å². The maximum absolute atomic E-state index is 12.8. The molecule has 4 N–H and O–H groups in total. The van der Waals surface area contributed by atoms with Crippen molar-refractivity contribution < 1.29 is 19.5 Å². The fourth-order valence-corrected chi connectivity index (χ4v) is 3.62. The number of benzene rings is 2. The number of hydrogen-bond acceptors (Lipinski definition) is 5. The third-order valence-electron chi connectivity index (χ3n) is 5.62. The molecule has 34 heavy (non-hydrogen) atoms. The molecule has 0 bridgehead atoms. The SMILES string of the molecule is CC(=O)Nc1ccc(NC(=O)c2cc(NC(=O)c3cccc(C(O)C4CC4)c3)ccc2C)cn1. The molecule has 1 aliphatic rings. The normalized spacial score (nSPS) is 13.6. The van der Waals surface area contributed by atoms with Crippen LogP contribution >= 0.6 is 0 Å². The Morgan fingerprint density at radius 2 is 1.68 bits per heavy atom. The van der Waals surface area contributed by atoms with E-state index in [4.69, 9.17) is 0 Å². The second-order valence-corrected chi connectivity index (χ2v) is 8.46. The number of nitrogens with one attached hydrogen (secondary N) is 3. The molecule has 1 fully saturated rings. The van der Waals surface area contributed by atoms with Gasteiger partial charge in [-0.3, -0.25) is 14.4 Å². The number of hydrogen-bond donors (Lipinski definition) is 4. The maximum atomic E-state index is 12.8. The van der Waals surface area contributed by atoms with Gasteiger partial charge < -0.3 is 21.1 Å². The van der Waals surface area contributed by atoms with Crippen molar-refractivity contribution >= 4 is 34.9 Å². The summed E-state index contributed by atoms with van der Waals surface area (Å²) in [7, 11) is 0. The molecule has 0 saturated heterocycles. The van der Waals surface area contributed by atoms with Gasteiger partial charge in [0.2, 0.25) is 5.91 Å². The Morgan fingerprint density at radius 3 is 2.35 bits per heavy atom. The molecule has 0 radical (unpaired) electrons. The number of anilines is 3. The van der Waals surface area contributed by atoms with Gasteiger partial charge >= 0.3 is 0 Å². The quantitative estimate of drug-likeness (QED) is 0.421. The van der Waals surface area contributed by atoms with Crippen LogP contribution in [0.2, 0.25) is 0 Å². The van der Waals surface area contributed by atoms with Gasteiger partial charge in [0.05, 0.1) is 18.0 Å². The zero-order chi connectivity index (χ0) is 24.2. The average molecular weight is 459 g/mol. The highest BCUT2D eigenvalue weighted by Crippen LogP contribution is 2.40. The summed E-state index contributed by atoms with van der Waals surface area (Å²) >= 11 is 0. The average Bonchev–Trinajstić information content (AvgIpc) is 3.66. The summed E-state index contributed by atoms with van der Waals surface area (Å²) in [6, 6.07) is 15.3. The first kappa shape index (κ1) is 23.1. The number of aryl methyl sites for hydroxylation is 1. The number of pyridine rings is 1. The van der Waals surface area contributed by atoms with E-state index < -0.39 is 6.10 Å². The smallest absolute Gasteiger partial charge is 0.256 e. The number of aliphatic hydroxyl groups is 1. The first-order valence-corrected chi connectivity index (χ1v) is 11.0. The Balaban J connectivity index is 1.45. The molecular formula is C26H26N4O4. The molecule has 174 valence electrons. The lowest BCUT2D eigenvalue weighted by Gasteiger charge is -2.13. The van der Waals surface area contributed by atoms with Gasteiger partial charge in [0, 0.05) is 23.7 Å². The second kappa shape index (κ2) is 9.84. The van der Waals surface area contributed by atoms with E-state index in [0.717, 1.165) is 24.0 Å². The lowest BCUT2D eigenvalue weighted by atomic mass is 10.0. The zero-order valence-electron chi connectivity index (χ0n) is 19.0. The highest BCUT2D eigenvalue weighted by molar-refractivity contribution is 6.08. The molecule has 3 aromatic rings. The van der Waals surface area contributed by atoms with Crippen LogP contribution in [-0.4, -0.2) is 27.8 Å². The van der Waals surface area contributed by atoms with Crippen molar-refractivity contribution in [2.24, 2.45) is 5.92 Å². The predicted octanol–water partition coefficient (Wildman–Crippen LogP) is 4.30. The van der Waals surface area contributed by atoms with Crippen LogP contribution in [0.3, 0.4) is 0 Å². The molecule has 8 heteroatoms. The third kappa shape index (κ3) is 5.65. The summed E-state index contributed by atoms with van der Waals surface area (Å²) in [6.45, 7) is 3.20. The van der Waals surface area contributed by atoms with Gasteiger partial charge in [-0.15, -0.1) is 0 Å². The van der Waals surface area contributed by atoms with Crippen molar-refractivity contribution in [2.45, 2.75) is 32.8 Å². The summed E-state index contributed by atoms with van der Waals surface area (Å²) in [5, 5.41) is 18.5. The van der Waals surface area contributed by atoms with Crippen LogP contribution in [0.5, 0.6) is 0 Å². The van der Waals surface area contributed by atoms with Crippen molar-refractivity contribution in [3.05, 3.63) is 83.0 Å². The van der Waals surface area contributed by atoms with Crippen LogP contribution in [0.15, 0.2) is 60.8 Å². The van der Waals surface area contributed by atoms with E-state index in [0.29, 0.717) is 28.3 Å². The zero-order valence-corrected chi connectivity index (χ0v) is 19.0. The highest BCUT2D eigenvalue weighted by atomic mass is 16.3. The summed E-state index contributed by atoms with van der Waals surface area (Å²) in [5.41, 5.74) is 3.27. The first-order chi connectivity index (χ1) is 16.3. The van der Waals surface area contributed by atoms with Crippen molar-refractivity contribution in [3.63, 3.8) is 0 Å². The minimum atomic E-state index is -0.552. The maximum Gasteiger partial charge on any atom is 0.256 e. The van der Waals surface area contributed by atoms with Gasteiger partial charge in [-0.1, -0.05) is 18.2 Å². The van der Waals surface area contributed by atoms with E-state index in [1.54, 1.807) is 55.5 Å². The van der Waals surface area contributed by atoms with Gasteiger partial charge in [0.1, 0.15) is 5.82 Å². The Bertz CT molecular complexity index is 1240. The van der Waals surface area contributed by atoms with Crippen LogP contribution in [-0.2, 0) is 4.79 Å². The Hall–Kier alpha value is -4.04. The number of aromatic nitrogens is 1. The molecular weight excluding hydrogens is 432 g/mol. The van der Waals surface area contributed by atoms with E-state index >= 15 is 0 Å². The molecule has 1 aromatic heterocycles. The molecule has 0 spiro atoms. The molecule has 3 amide bonds. The summed E-state index contributed by atoms with van der Waals surface area (Å²) in [5.74, 6) is -0.243. The number of aliphatic hydroxyl groups excluding tert-OH is 1. The minimum Gasteiger partial charge on any atom is -0.388 e. The molecule has 1 saturated carbocycles. The van der Waals surface area contributed by atoms with Gasteiger partial charge in [-0.25, -0.2) is 4.98 Å². The summed E-state index contributed by atoms with van der Waals surface area (Å²) < 4.78 is 0.